The monoisotopic (exact) mass is 280 g/mol. The molecule has 0 amide bonds. The van der Waals surface area contributed by atoms with Crippen molar-refractivity contribution in [1.82, 2.24) is 0 Å². The van der Waals surface area contributed by atoms with Crippen LogP contribution in [0, 0.1) is 11.6 Å². The molecule has 1 rings (SSSR count). The zero-order valence-corrected chi connectivity index (χ0v) is 10.4. The van der Waals surface area contributed by atoms with Crippen molar-refractivity contribution in [3.8, 4) is 0 Å². The van der Waals surface area contributed by atoms with Crippen LogP contribution >= 0.6 is 27.7 Å². The normalized spacial score (nSPS) is 12.9. The van der Waals surface area contributed by atoms with E-state index in [0.717, 1.165) is 0 Å². The molecule has 0 bridgehead atoms. The van der Waals surface area contributed by atoms with Crippen LogP contribution in [-0.2, 0) is 5.33 Å². The predicted molar refractivity (Wildman–Crippen MR) is 60.9 cm³/mol. The lowest BCUT2D eigenvalue weighted by atomic mass is 10.1. The third kappa shape index (κ3) is 2.48. The molecule has 0 aliphatic rings. The van der Waals surface area contributed by atoms with Crippen molar-refractivity contribution >= 4 is 27.7 Å². The van der Waals surface area contributed by atoms with E-state index in [-0.39, 0.29) is 10.8 Å². The number of hydrogen-bond donors (Lipinski definition) is 0. The molecule has 0 spiro atoms. The summed E-state index contributed by atoms with van der Waals surface area (Å²) in [5.41, 5.74) is 0.791. The van der Waals surface area contributed by atoms with Crippen molar-refractivity contribution in [2.24, 2.45) is 0 Å². The Morgan fingerprint density at radius 2 is 1.86 bits per heavy atom. The van der Waals surface area contributed by atoms with Gasteiger partial charge in [-0.1, -0.05) is 15.9 Å². The molecule has 14 heavy (non-hydrogen) atoms. The summed E-state index contributed by atoms with van der Waals surface area (Å²) in [4.78, 5) is 0. The summed E-state index contributed by atoms with van der Waals surface area (Å²) in [6, 6.07) is 2.75. The summed E-state index contributed by atoms with van der Waals surface area (Å²) >= 11 is 4.59. The maximum atomic E-state index is 13.5. The first-order valence-electron chi connectivity index (χ1n) is 4.16. The third-order valence-corrected chi connectivity index (χ3v) is 3.64. The van der Waals surface area contributed by atoms with Crippen molar-refractivity contribution in [3.63, 3.8) is 0 Å². The highest BCUT2D eigenvalue weighted by molar-refractivity contribution is 9.08. The van der Waals surface area contributed by atoms with E-state index < -0.39 is 11.6 Å². The molecule has 1 aromatic carbocycles. The van der Waals surface area contributed by atoms with E-state index in [1.54, 1.807) is 6.92 Å². The fourth-order valence-corrected chi connectivity index (χ4v) is 2.00. The highest BCUT2D eigenvalue weighted by Crippen LogP contribution is 2.31. The van der Waals surface area contributed by atoms with Crippen molar-refractivity contribution in [2.75, 3.05) is 6.26 Å². The molecule has 0 saturated carbocycles. The molecule has 1 unspecified atom stereocenters. The average Bonchev–Trinajstić information content (AvgIpc) is 2.16. The topological polar surface area (TPSA) is 0 Å². The Balaban J connectivity index is 3.18. The van der Waals surface area contributed by atoms with Gasteiger partial charge in [-0.25, -0.2) is 8.78 Å². The van der Waals surface area contributed by atoms with Gasteiger partial charge in [-0.3, -0.25) is 0 Å². The second kappa shape index (κ2) is 5.12. The predicted octanol–water partition coefficient (Wildman–Crippen LogP) is 4.28. The molecule has 0 fully saturated rings. The van der Waals surface area contributed by atoms with Crippen LogP contribution in [0.5, 0.6) is 0 Å². The van der Waals surface area contributed by atoms with Gasteiger partial charge >= 0.3 is 0 Å². The molecule has 4 heteroatoms. The highest BCUT2D eigenvalue weighted by atomic mass is 79.9. The van der Waals surface area contributed by atoms with Crippen LogP contribution in [-0.4, -0.2) is 6.26 Å². The number of hydrogen-bond acceptors (Lipinski definition) is 1. The Kier molecular flexibility index (Phi) is 4.38. The van der Waals surface area contributed by atoms with Crippen LogP contribution in [0.1, 0.15) is 23.3 Å². The van der Waals surface area contributed by atoms with Gasteiger partial charge < -0.3 is 0 Å². The molecule has 0 saturated heterocycles. The lowest BCUT2D eigenvalue weighted by Crippen LogP contribution is -1.99. The van der Waals surface area contributed by atoms with E-state index in [0.29, 0.717) is 10.9 Å². The molecule has 78 valence electrons. The molecule has 0 aromatic heterocycles. The van der Waals surface area contributed by atoms with Gasteiger partial charge in [0.25, 0.3) is 0 Å². The Morgan fingerprint density at radius 3 is 2.21 bits per heavy atom. The van der Waals surface area contributed by atoms with Crippen LogP contribution in [0.25, 0.3) is 0 Å². The largest absolute Gasteiger partial charge is 0.207 e. The quantitative estimate of drug-likeness (QED) is 0.745. The lowest BCUT2D eigenvalue weighted by molar-refractivity contribution is 0.555. The molecule has 0 aliphatic heterocycles. The van der Waals surface area contributed by atoms with Gasteiger partial charge in [-0.05, 0) is 30.9 Å². The molecule has 0 nitrogen and oxygen atoms in total. The van der Waals surface area contributed by atoms with Crippen molar-refractivity contribution in [3.05, 3.63) is 34.9 Å². The molecule has 0 N–H and O–H groups in total. The summed E-state index contributed by atoms with van der Waals surface area (Å²) < 4.78 is 26.9. The fraction of sp³-hybridized carbons (Fsp3) is 0.400. The SMILES string of the molecule is CSC(C)c1c(F)cc(CBr)cc1F. The van der Waals surface area contributed by atoms with E-state index in [4.69, 9.17) is 0 Å². The van der Waals surface area contributed by atoms with Crippen LogP contribution in [0.3, 0.4) is 0 Å². The molecule has 1 atom stereocenters. The minimum Gasteiger partial charge on any atom is -0.207 e. The van der Waals surface area contributed by atoms with Crippen LogP contribution < -0.4 is 0 Å². The van der Waals surface area contributed by atoms with Crippen molar-refractivity contribution < 1.29 is 8.78 Å². The Morgan fingerprint density at radius 1 is 1.36 bits per heavy atom. The van der Waals surface area contributed by atoms with Gasteiger partial charge in [0, 0.05) is 16.1 Å². The van der Waals surface area contributed by atoms with Crippen molar-refractivity contribution in [1.29, 1.82) is 0 Å². The summed E-state index contributed by atoms with van der Waals surface area (Å²) in [6.45, 7) is 1.79. The maximum Gasteiger partial charge on any atom is 0.130 e. The van der Waals surface area contributed by atoms with Gasteiger partial charge in [0.2, 0.25) is 0 Å². The van der Waals surface area contributed by atoms with Crippen molar-refractivity contribution in [2.45, 2.75) is 17.5 Å². The third-order valence-electron chi connectivity index (χ3n) is 2.05. The number of benzene rings is 1. The Labute approximate surface area is 95.2 Å². The van der Waals surface area contributed by atoms with E-state index in [9.17, 15) is 8.78 Å². The van der Waals surface area contributed by atoms with Gasteiger partial charge in [0.05, 0.1) is 0 Å². The zero-order valence-electron chi connectivity index (χ0n) is 7.98. The molecule has 0 radical (unpaired) electrons. The van der Waals surface area contributed by atoms with E-state index in [2.05, 4.69) is 15.9 Å². The molecular weight excluding hydrogens is 270 g/mol. The standard InChI is InChI=1S/C10H11BrF2S/c1-6(14-2)10-8(12)3-7(5-11)4-9(10)13/h3-4,6H,5H2,1-2H3. The zero-order chi connectivity index (χ0) is 10.7. The minimum absolute atomic E-state index is 0.153. The molecule has 1 aromatic rings. The van der Waals surface area contributed by atoms with E-state index in [1.165, 1.54) is 23.9 Å². The Bertz CT molecular complexity index is 305. The van der Waals surface area contributed by atoms with E-state index in [1.807, 2.05) is 6.26 Å². The molecule has 0 heterocycles. The number of thioether (sulfide) groups is 1. The summed E-state index contributed by atoms with van der Waals surface area (Å²) in [5.74, 6) is -0.914. The van der Waals surface area contributed by atoms with Crippen LogP contribution in [0.4, 0.5) is 8.78 Å². The number of alkyl halides is 1. The van der Waals surface area contributed by atoms with E-state index >= 15 is 0 Å². The lowest BCUT2D eigenvalue weighted by Gasteiger charge is -2.12. The van der Waals surface area contributed by atoms with Gasteiger partial charge in [0.1, 0.15) is 11.6 Å². The van der Waals surface area contributed by atoms with Crippen LogP contribution in [0.15, 0.2) is 12.1 Å². The molecular formula is C10H11BrF2S. The van der Waals surface area contributed by atoms with Gasteiger partial charge in [0.15, 0.2) is 0 Å². The maximum absolute atomic E-state index is 13.5. The fourth-order valence-electron chi connectivity index (χ4n) is 1.22. The van der Waals surface area contributed by atoms with Gasteiger partial charge in [-0.2, -0.15) is 11.8 Å². The second-order valence-corrected chi connectivity index (χ2v) is 4.72. The highest BCUT2D eigenvalue weighted by Gasteiger charge is 2.16. The number of halogens is 3. The first-order valence-corrected chi connectivity index (χ1v) is 6.57. The molecule has 0 aliphatic carbocycles. The summed E-state index contributed by atoms with van der Waals surface area (Å²) in [7, 11) is 0. The van der Waals surface area contributed by atoms with Crippen LogP contribution in [0.2, 0.25) is 0 Å². The first-order chi connectivity index (χ1) is 6.60. The number of rotatable bonds is 3. The smallest absolute Gasteiger partial charge is 0.130 e. The Hall–Kier alpha value is -0.0900. The second-order valence-electron chi connectivity index (χ2n) is 2.98. The van der Waals surface area contributed by atoms with Gasteiger partial charge in [-0.15, -0.1) is 0 Å². The average molecular weight is 281 g/mol. The first kappa shape index (κ1) is 12.0. The minimum atomic E-state index is -0.457. The summed E-state index contributed by atoms with van der Waals surface area (Å²) in [6.07, 6.45) is 1.84. The summed E-state index contributed by atoms with van der Waals surface area (Å²) in [5, 5.41) is 0.314.